The number of anilines is 3. The number of nitrogens with two attached hydrogens (primary N) is 1. The van der Waals surface area contributed by atoms with Gasteiger partial charge in [0.2, 0.25) is 5.95 Å². The van der Waals surface area contributed by atoms with Crippen LogP contribution in [0.3, 0.4) is 0 Å². The molecule has 1 aromatic carbocycles. The van der Waals surface area contributed by atoms with Gasteiger partial charge in [0.1, 0.15) is 11.6 Å². The standard InChI is InChI=1S/C29H34N8O/c1-20(2)35-9-11-36(12-10-35)28-23(17-21-5-3-4-6-24(21)32-28)26-18-25(22-7-8-27(30)31-19-22)33-29(34-26)37-13-15-38-16-14-37/h3-8,17-20H,9-16H2,1-2H3,(H2,30,31). The highest BCUT2D eigenvalue weighted by Crippen LogP contribution is 2.35. The molecule has 0 aliphatic carbocycles. The topological polar surface area (TPSA) is 96.5 Å². The number of hydrogen-bond acceptors (Lipinski definition) is 9. The first kappa shape index (κ1) is 24.5. The van der Waals surface area contributed by atoms with Crippen LogP contribution in [0, 0.1) is 0 Å². The highest BCUT2D eigenvalue weighted by Gasteiger charge is 2.25. The van der Waals surface area contributed by atoms with Crippen molar-refractivity contribution in [3.8, 4) is 22.5 Å². The smallest absolute Gasteiger partial charge is 0.226 e. The van der Waals surface area contributed by atoms with Crippen LogP contribution in [-0.4, -0.2) is 83.4 Å². The summed E-state index contributed by atoms with van der Waals surface area (Å²) in [5, 5.41) is 1.09. The fourth-order valence-corrected chi connectivity index (χ4v) is 5.17. The van der Waals surface area contributed by atoms with E-state index in [1.165, 1.54) is 0 Å². The van der Waals surface area contributed by atoms with Crippen molar-refractivity contribution in [3.05, 3.63) is 54.7 Å². The molecule has 9 nitrogen and oxygen atoms in total. The molecule has 9 heteroatoms. The lowest BCUT2D eigenvalue weighted by molar-refractivity contribution is 0.122. The number of pyridine rings is 2. The van der Waals surface area contributed by atoms with Crippen molar-refractivity contribution in [3.63, 3.8) is 0 Å². The van der Waals surface area contributed by atoms with E-state index in [0.29, 0.717) is 31.0 Å². The van der Waals surface area contributed by atoms with Gasteiger partial charge in [-0.1, -0.05) is 18.2 Å². The Balaban J connectivity index is 1.49. The lowest BCUT2D eigenvalue weighted by Crippen LogP contribution is -2.49. The summed E-state index contributed by atoms with van der Waals surface area (Å²) in [7, 11) is 0. The van der Waals surface area contributed by atoms with Crippen molar-refractivity contribution in [1.29, 1.82) is 0 Å². The van der Waals surface area contributed by atoms with E-state index in [9.17, 15) is 0 Å². The van der Waals surface area contributed by atoms with Crippen LogP contribution in [0.5, 0.6) is 0 Å². The van der Waals surface area contributed by atoms with Crippen molar-refractivity contribution in [2.45, 2.75) is 19.9 Å². The molecule has 0 amide bonds. The molecule has 0 unspecified atom stereocenters. The number of piperazine rings is 1. The lowest BCUT2D eigenvalue weighted by Gasteiger charge is -2.38. The molecule has 196 valence electrons. The first-order valence-electron chi connectivity index (χ1n) is 13.4. The average Bonchev–Trinajstić information content (AvgIpc) is 2.97. The summed E-state index contributed by atoms with van der Waals surface area (Å²) in [6.07, 6.45) is 1.77. The summed E-state index contributed by atoms with van der Waals surface area (Å²) in [4.78, 5) is 26.7. The maximum absolute atomic E-state index is 5.87. The molecule has 6 rings (SSSR count). The Hall–Kier alpha value is -3.82. The highest BCUT2D eigenvalue weighted by molar-refractivity contribution is 5.89. The third kappa shape index (κ3) is 4.99. The molecule has 3 aromatic heterocycles. The summed E-state index contributed by atoms with van der Waals surface area (Å²) in [5.74, 6) is 2.15. The number of ether oxygens (including phenoxy) is 1. The summed E-state index contributed by atoms with van der Waals surface area (Å²) in [5.41, 5.74) is 10.4. The van der Waals surface area contributed by atoms with Crippen LogP contribution in [-0.2, 0) is 4.74 Å². The van der Waals surface area contributed by atoms with Crippen LogP contribution in [0.4, 0.5) is 17.6 Å². The van der Waals surface area contributed by atoms with E-state index in [1.54, 1.807) is 6.20 Å². The first-order chi connectivity index (χ1) is 18.5. The minimum Gasteiger partial charge on any atom is -0.384 e. The predicted octanol–water partition coefficient (Wildman–Crippen LogP) is 3.70. The van der Waals surface area contributed by atoms with E-state index in [4.69, 9.17) is 25.4 Å². The lowest BCUT2D eigenvalue weighted by atomic mass is 10.1. The molecule has 2 N–H and O–H groups in total. The van der Waals surface area contributed by atoms with Gasteiger partial charge in [0.25, 0.3) is 0 Å². The van der Waals surface area contributed by atoms with Gasteiger partial charge in [0.15, 0.2) is 0 Å². The number of nitrogens with zero attached hydrogens (tertiary/aromatic N) is 7. The number of morpholine rings is 1. The summed E-state index contributed by atoms with van der Waals surface area (Å²) >= 11 is 0. The average molecular weight is 511 g/mol. The van der Waals surface area contributed by atoms with E-state index in [1.807, 2.05) is 18.2 Å². The molecular formula is C29H34N8O. The Labute approximate surface area is 223 Å². The van der Waals surface area contributed by atoms with Crippen LogP contribution < -0.4 is 15.5 Å². The molecule has 0 atom stereocenters. The quantitative estimate of drug-likeness (QED) is 0.431. The van der Waals surface area contributed by atoms with Gasteiger partial charge in [0, 0.05) is 68.0 Å². The SMILES string of the molecule is CC(C)N1CCN(c2nc3ccccc3cc2-c2cc(-c3ccc(N)nc3)nc(N3CCOCC3)n2)CC1. The molecular weight excluding hydrogens is 476 g/mol. The number of para-hydroxylation sites is 1. The van der Waals surface area contributed by atoms with Crippen molar-refractivity contribution < 1.29 is 4.74 Å². The van der Waals surface area contributed by atoms with Crippen molar-refractivity contribution in [1.82, 2.24) is 24.8 Å². The Kier molecular flexibility index (Phi) is 6.78. The summed E-state index contributed by atoms with van der Waals surface area (Å²) < 4.78 is 5.59. The molecule has 38 heavy (non-hydrogen) atoms. The molecule has 0 bridgehead atoms. The number of benzene rings is 1. The van der Waals surface area contributed by atoms with Gasteiger partial charge >= 0.3 is 0 Å². The normalized spacial score (nSPS) is 16.9. The van der Waals surface area contributed by atoms with Gasteiger partial charge in [-0.25, -0.2) is 19.9 Å². The Morgan fingerprint density at radius 3 is 2.32 bits per heavy atom. The molecule has 5 heterocycles. The fraction of sp³-hybridized carbons (Fsp3) is 0.379. The Morgan fingerprint density at radius 1 is 0.816 bits per heavy atom. The van der Waals surface area contributed by atoms with E-state index >= 15 is 0 Å². The van der Waals surface area contributed by atoms with Crippen LogP contribution in [0.15, 0.2) is 54.7 Å². The number of fused-ring (bicyclic) bond motifs is 1. The van der Waals surface area contributed by atoms with Gasteiger partial charge < -0.3 is 20.3 Å². The third-order valence-corrected chi connectivity index (χ3v) is 7.41. The monoisotopic (exact) mass is 510 g/mol. The largest absolute Gasteiger partial charge is 0.384 e. The van der Waals surface area contributed by atoms with Gasteiger partial charge in [-0.3, -0.25) is 4.90 Å². The molecule has 2 fully saturated rings. The van der Waals surface area contributed by atoms with Crippen LogP contribution in [0.1, 0.15) is 13.8 Å². The summed E-state index contributed by atoms with van der Waals surface area (Å²) in [6, 6.07) is 16.9. The van der Waals surface area contributed by atoms with Gasteiger partial charge in [-0.05, 0) is 44.2 Å². The van der Waals surface area contributed by atoms with Crippen molar-refractivity contribution in [2.24, 2.45) is 0 Å². The van der Waals surface area contributed by atoms with Crippen molar-refractivity contribution >= 4 is 28.5 Å². The first-order valence-corrected chi connectivity index (χ1v) is 13.4. The molecule has 2 saturated heterocycles. The highest BCUT2D eigenvalue weighted by atomic mass is 16.5. The molecule has 0 radical (unpaired) electrons. The van der Waals surface area contributed by atoms with Crippen molar-refractivity contribution in [2.75, 3.05) is 68.0 Å². The van der Waals surface area contributed by atoms with E-state index < -0.39 is 0 Å². The number of hydrogen-bond donors (Lipinski definition) is 1. The van der Waals surface area contributed by atoms with E-state index in [-0.39, 0.29) is 0 Å². The maximum Gasteiger partial charge on any atom is 0.226 e. The Bertz CT molecular complexity index is 1410. The van der Waals surface area contributed by atoms with E-state index in [0.717, 1.165) is 78.5 Å². The predicted molar refractivity (Wildman–Crippen MR) is 152 cm³/mol. The maximum atomic E-state index is 5.87. The van der Waals surface area contributed by atoms with Crippen LogP contribution in [0.2, 0.25) is 0 Å². The van der Waals surface area contributed by atoms with Crippen LogP contribution >= 0.6 is 0 Å². The molecule has 2 aliphatic rings. The second-order valence-electron chi connectivity index (χ2n) is 10.2. The minimum atomic E-state index is 0.484. The zero-order valence-electron chi connectivity index (χ0n) is 22.0. The fourth-order valence-electron chi connectivity index (χ4n) is 5.17. The third-order valence-electron chi connectivity index (χ3n) is 7.41. The molecule has 0 spiro atoms. The van der Waals surface area contributed by atoms with E-state index in [2.05, 4.69) is 63.9 Å². The Morgan fingerprint density at radius 2 is 1.58 bits per heavy atom. The molecule has 2 aliphatic heterocycles. The van der Waals surface area contributed by atoms with Crippen LogP contribution in [0.25, 0.3) is 33.4 Å². The van der Waals surface area contributed by atoms with Gasteiger partial charge in [-0.15, -0.1) is 0 Å². The minimum absolute atomic E-state index is 0.484. The van der Waals surface area contributed by atoms with Gasteiger partial charge in [-0.2, -0.15) is 0 Å². The molecule has 4 aromatic rings. The zero-order chi connectivity index (χ0) is 26.1. The number of rotatable bonds is 5. The second-order valence-corrected chi connectivity index (χ2v) is 10.2. The zero-order valence-corrected chi connectivity index (χ0v) is 22.0. The van der Waals surface area contributed by atoms with Gasteiger partial charge in [0.05, 0.1) is 30.1 Å². The molecule has 0 saturated carbocycles. The summed E-state index contributed by atoms with van der Waals surface area (Å²) in [6.45, 7) is 11.2. The number of aromatic nitrogens is 4. The second kappa shape index (κ2) is 10.5. The number of nitrogen functional groups attached to an aromatic ring is 1.